The Kier molecular flexibility index (Phi) is 6.47. The lowest BCUT2D eigenvalue weighted by atomic mass is 9.96. The van der Waals surface area contributed by atoms with Crippen molar-refractivity contribution in [3.05, 3.63) is 71.9 Å². The Labute approximate surface area is 177 Å². The van der Waals surface area contributed by atoms with E-state index in [1.54, 1.807) is 0 Å². The second-order valence-corrected chi connectivity index (χ2v) is 8.10. The van der Waals surface area contributed by atoms with Crippen molar-refractivity contribution in [1.82, 2.24) is 15.2 Å². The molecule has 3 aromatic rings. The van der Waals surface area contributed by atoms with Crippen LogP contribution in [0.4, 0.5) is 0 Å². The number of H-pyrrole nitrogens is 1. The number of aromatic nitrogens is 1. The Balaban J connectivity index is 1.26. The first-order valence-corrected chi connectivity index (χ1v) is 10.8. The molecular formula is C25H29N3O2. The molecule has 1 aliphatic heterocycles. The standard InChI is InChI=1S/C25H29N3O2/c29-24(16-21-17-27-23-13-5-4-12-22(21)23)28-15-7-11-20(18-28)25(30)26-14-6-10-19-8-2-1-3-9-19/h1-5,8-9,12-13,17,20,27H,6-7,10-11,14-16,18H2,(H,26,30). The average Bonchev–Trinajstić information content (AvgIpc) is 3.20. The largest absolute Gasteiger partial charge is 0.361 e. The summed E-state index contributed by atoms with van der Waals surface area (Å²) in [6.07, 6.45) is 5.90. The minimum Gasteiger partial charge on any atom is -0.361 e. The smallest absolute Gasteiger partial charge is 0.227 e. The highest BCUT2D eigenvalue weighted by atomic mass is 16.2. The summed E-state index contributed by atoms with van der Waals surface area (Å²) in [5, 5.41) is 4.16. The van der Waals surface area contributed by atoms with Crippen LogP contribution in [-0.2, 0) is 22.4 Å². The Morgan fingerprint density at radius 1 is 1.07 bits per heavy atom. The van der Waals surface area contributed by atoms with Crippen molar-refractivity contribution in [2.24, 2.45) is 5.92 Å². The summed E-state index contributed by atoms with van der Waals surface area (Å²) in [7, 11) is 0. The molecule has 0 aliphatic carbocycles. The molecule has 156 valence electrons. The Bertz CT molecular complexity index is 996. The van der Waals surface area contributed by atoms with E-state index >= 15 is 0 Å². The molecule has 2 amide bonds. The van der Waals surface area contributed by atoms with E-state index in [1.165, 1.54) is 5.56 Å². The zero-order valence-electron chi connectivity index (χ0n) is 17.3. The van der Waals surface area contributed by atoms with E-state index in [-0.39, 0.29) is 17.7 Å². The number of benzene rings is 2. The van der Waals surface area contributed by atoms with E-state index in [0.29, 0.717) is 19.5 Å². The highest BCUT2D eigenvalue weighted by Crippen LogP contribution is 2.21. The van der Waals surface area contributed by atoms with Crippen LogP contribution in [0.5, 0.6) is 0 Å². The first kappa shape index (κ1) is 20.2. The normalized spacial score (nSPS) is 16.5. The van der Waals surface area contributed by atoms with Gasteiger partial charge in [0.25, 0.3) is 0 Å². The van der Waals surface area contributed by atoms with Gasteiger partial charge in [0.2, 0.25) is 11.8 Å². The molecule has 1 aliphatic rings. The summed E-state index contributed by atoms with van der Waals surface area (Å²) < 4.78 is 0. The van der Waals surface area contributed by atoms with Gasteiger partial charge in [0.1, 0.15) is 0 Å². The number of para-hydroxylation sites is 1. The van der Waals surface area contributed by atoms with Crippen molar-refractivity contribution < 1.29 is 9.59 Å². The fraction of sp³-hybridized carbons (Fsp3) is 0.360. The fourth-order valence-electron chi connectivity index (χ4n) is 4.26. The van der Waals surface area contributed by atoms with Crippen LogP contribution < -0.4 is 5.32 Å². The average molecular weight is 404 g/mol. The van der Waals surface area contributed by atoms with Crippen molar-refractivity contribution in [2.45, 2.75) is 32.1 Å². The first-order valence-electron chi connectivity index (χ1n) is 10.8. The Morgan fingerprint density at radius 3 is 2.73 bits per heavy atom. The molecular weight excluding hydrogens is 374 g/mol. The fourth-order valence-corrected chi connectivity index (χ4v) is 4.26. The van der Waals surface area contributed by atoms with Crippen molar-refractivity contribution in [2.75, 3.05) is 19.6 Å². The molecule has 2 N–H and O–H groups in total. The third-order valence-electron chi connectivity index (χ3n) is 5.95. The summed E-state index contributed by atoms with van der Waals surface area (Å²) in [6.45, 7) is 1.93. The van der Waals surface area contributed by atoms with Crippen LogP contribution in [0.15, 0.2) is 60.8 Å². The molecule has 1 atom stereocenters. The summed E-state index contributed by atoms with van der Waals surface area (Å²) in [6, 6.07) is 18.3. The molecule has 5 heteroatoms. The van der Waals surface area contributed by atoms with E-state index in [2.05, 4.69) is 22.4 Å². The number of aromatic amines is 1. The molecule has 30 heavy (non-hydrogen) atoms. The zero-order valence-corrected chi connectivity index (χ0v) is 17.3. The maximum atomic E-state index is 12.9. The first-order chi connectivity index (χ1) is 14.7. The van der Waals surface area contributed by atoms with Crippen LogP contribution in [0.25, 0.3) is 10.9 Å². The van der Waals surface area contributed by atoms with Gasteiger partial charge < -0.3 is 15.2 Å². The molecule has 4 rings (SSSR count). The third-order valence-corrected chi connectivity index (χ3v) is 5.95. The number of aryl methyl sites for hydroxylation is 1. The number of carbonyl (C=O) groups excluding carboxylic acids is 2. The van der Waals surface area contributed by atoms with Crippen molar-refractivity contribution >= 4 is 22.7 Å². The van der Waals surface area contributed by atoms with Gasteiger partial charge in [-0.05, 0) is 42.9 Å². The van der Waals surface area contributed by atoms with Gasteiger partial charge in [-0.3, -0.25) is 9.59 Å². The maximum Gasteiger partial charge on any atom is 0.227 e. The van der Waals surface area contributed by atoms with E-state index in [0.717, 1.165) is 48.7 Å². The van der Waals surface area contributed by atoms with Crippen LogP contribution >= 0.6 is 0 Å². The number of amides is 2. The van der Waals surface area contributed by atoms with Crippen LogP contribution in [0, 0.1) is 5.92 Å². The van der Waals surface area contributed by atoms with Crippen molar-refractivity contribution in [1.29, 1.82) is 0 Å². The molecule has 0 spiro atoms. The van der Waals surface area contributed by atoms with Gasteiger partial charge in [0.15, 0.2) is 0 Å². The number of carbonyl (C=O) groups is 2. The minimum atomic E-state index is -0.109. The number of piperidine rings is 1. The Hall–Kier alpha value is -3.08. The summed E-state index contributed by atoms with van der Waals surface area (Å²) in [5.74, 6) is 0.0661. The van der Waals surface area contributed by atoms with Crippen molar-refractivity contribution in [3.8, 4) is 0 Å². The molecule has 0 radical (unpaired) electrons. The lowest BCUT2D eigenvalue weighted by Crippen LogP contribution is -2.46. The molecule has 2 heterocycles. The van der Waals surface area contributed by atoms with Crippen LogP contribution in [-0.4, -0.2) is 41.3 Å². The molecule has 1 aromatic heterocycles. The molecule has 0 saturated carbocycles. The van der Waals surface area contributed by atoms with Crippen LogP contribution in [0.2, 0.25) is 0 Å². The minimum absolute atomic E-state index is 0.0765. The van der Waals surface area contributed by atoms with Gasteiger partial charge in [-0.2, -0.15) is 0 Å². The number of likely N-dealkylation sites (tertiary alicyclic amines) is 1. The molecule has 1 fully saturated rings. The summed E-state index contributed by atoms with van der Waals surface area (Å²) in [5.41, 5.74) is 3.35. The Morgan fingerprint density at radius 2 is 1.87 bits per heavy atom. The van der Waals surface area contributed by atoms with Crippen molar-refractivity contribution in [3.63, 3.8) is 0 Å². The third kappa shape index (κ3) is 4.90. The molecule has 1 saturated heterocycles. The molecule has 5 nitrogen and oxygen atoms in total. The van der Waals surface area contributed by atoms with Gasteiger partial charge in [-0.15, -0.1) is 0 Å². The summed E-state index contributed by atoms with van der Waals surface area (Å²) in [4.78, 5) is 30.6. The monoisotopic (exact) mass is 403 g/mol. The van der Waals surface area contributed by atoms with Crippen LogP contribution in [0.1, 0.15) is 30.4 Å². The van der Waals surface area contributed by atoms with E-state index in [9.17, 15) is 9.59 Å². The second-order valence-electron chi connectivity index (χ2n) is 8.10. The van der Waals surface area contributed by atoms with E-state index in [4.69, 9.17) is 0 Å². The van der Waals surface area contributed by atoms with Gasteiger partial charge in [0.05, 0.1) is 12.3 Å². The zero-order chi connectivity index (χ0) is 20.8. The predicted molar refractivity (Wildman–Crippen MR) is 119 cm³/mol. The molecule has 2 aromatic carbocycles. The highest BCUT2D eigenvalue weighted by molar-refractivity contribution is 5.89. The quantitative estimate of drug-likeness (QED) is 0.591. The SMILES string of the molecule is O=C(NCCCc1ccccc1)C1CCCN(C(=O)Cc2c[nH]c3ccccc23)C1. The lowest BCUT2D eigenvalue weighted by molar-refractivity contribution is -0.135. The predicted octanol–water partition coefficient (Wildman–Crippen LogP) is 3.70. The number of hydrogen-bond donors (Lipinski definition) is 2. The molecule has 0 bridgehead atoms. The topological polar surface area (TPSA) is 65.2 Å². The second kappa shape index (κ2) is 9.61. The van der Waals surface area contributed by atoms with E-state index in [1.807, 2.05) is 53.6 Å². The number of nitrogens with one attached hydrogen (secondary N) is 2. The van der Waals surface area contributed by atoms with E-state index < -0.39 is 0 Å². The lowest BCUT2D eigenvalue weighted by Gasteiger charge is -2.32. The van der Waals surface area contributed by atoms with Gasteiger partial charge >= 0.3 is 0 Å². The number of fused-ring (bicyclic) bond motifs is 1. The van der Waals surface area contributed by atoms with Gasteiger partial charge in [-0.25, -0.2) is 0 Å². The molecule has 1 unspecified atom stereocenters. The highest BCUT2D eigenvalue weighted by Gasteiger charge is 2.28. The number of rotatable bonds is 7. The maximum absolute atomic E-state index is 12.9. The number of hydrogen-bond acceptors (Lipinski definition) is 2. The number of nitrogens with zero attached hydrogens (tertiary/aromatic N) is 1. The van der Waals surface area contributed by atoms with Crippen LogP contribution in [0.3, 0.4) is 0 Å². The summed E-state index contributed by atoms with van der Waals surface area (Å²) >= 11 is 0. The van der Waals surface area contributed by atoms with Gasteiger partial charge in [-0.1, -0.05) is 48.5 Å². The van der Waals surface area contributed by atoms with Gasteiger partial charge in [0, 0.05) is 36.7 Å².